The summed E-state index contributed by atoms with van der Waals surface area (Å²) in [7, 11) is 0. The van der Waals surface area contributed by atoms with E-state index in [2.05, 4.69) is 26.6 Å². The van der Waals surface area contributed by atoms with Crippen molar-refractivity contribution in [1.29, 1.82) is 0 Å². The summed E-state index contributed by atoms with van der Waals surface area (Å²) >= 11 is 0. The van der Waals surface area contributed by atoms with Gasteiger partial charge in [-0.25, -0.2) is 0 Å². The molecule has 1 aliphatic rings. The Labute approximate surface area is 92.8 Å². The average Bonchev–Trinajstić information content (AvgIpc) is 2.27. The van der Waals surface area contributed by atoms with E-state index < -0.39 is 0 Å². The highest BCUT2D eigenvalue weighted by Crippen LogP contribution is 1.72. The summed E-state index contributed by atoms with van der Waals surface area (Å²) < 4.78 is 0. The molecule has 5 N–H and O–H groups in total. The van der Waals surface area contributed by atoms with Crippen LogP contribution in [0.4, 0.5) is 0 Å². The Bertz CT molecular complexity index is 72.4. The molecule has 1 fully saturated rings. The van der Waals surface area contributed by atoms with Crippen LogP contribution >= 0.6 is 0 Å². The fraction of sp³-hybridized carbons (Fsp3) is 1.00. The molecule has 0 bridgehead atoms. The fourth-order valence-electron chi connectivity index (χ4n) is 1.51. The molecule has 0 atom stereocenters. The molecular weight excluding hydrogens is 190 g/mol. The highest BCUT2D eigenvalue weighted by molar-refractivity contribution is 4.58. The maximum Gasteiger partial charge on any atom is 0.0454 e. The molecule has 90 valence electrons. The molecule has 0 saturated carbocycles. The second-order valence-corrected chi connectivity index (χ2v) is 3.78. The second-order valence-electron chi connectivity index (χ2n) is 3.78. The summed E-state index contributed by atoms with van der Waals surface area (Å²) in [5, 5.41) is 16.9. The quantitative estimate of drug-likeness (QED) is 0.333. The van der Waals surface area contributed by atoms with Gasteiger partial charge in [-0.15, -0.1) is 0 Å². The Morgan fingerprint density at radius 1 is 0.400 bits per heavy atom. The molecule has 1 heterocycles. The molecular formula is C10H25N5. The largest absolute Gasteiger partial charge is 0.315 e. The van der Waals surface area contributed by atoms with Gasteiger partial charge in [0.2, 0.25) is 0 Å². The van der Waals surface area contributed by atoms with Crippen LogP contribution < -0.4 is 26.6 Å². The smallest absolute Gasteiger partial charge is 0.0454 e. The molecule has 0 aromatic rings. The molecule has 0 aromatic heterocycles. The van der Waals surface area contributed by atoms with Crippen LogP contribution in [0.15, 0.2) is 0 Å². The molecule has 0 unspecified atom stereocenters. The zero-order valence-electron chi connectivity index (χ0n) is 9.57. The van der Waals surface area contributed by atoms with E-state index in [1.807, 2.05) is 0 Å². The highest BCUT2D eigenvalue weighted by Gasteiger charge is 1.92. The third kappa shape index (κ3) is 8.77. The summed E-state index contributed by atoms with van der Waals surface area (Å²) in [5.74, 6) is 0. The molecule has 0 spiro atoms. The van der Waals surface area contributed by atoms with Crippen LogP contribution in [0.5, 0.6) is 0 Å². The summed E-state index contributed by atoms with van der Waals surface area (Å²) in [6.07, 6.45) is 1.19. The van der Waals surface area contributed by atoms with Crippen molar-refractivity contribution in [2.24, 2.45) is 0 Å². The Hall–Kier alpha value is -0.200. The van der Waals surface area contributed by atoms with Crippen molar-refractivity contribution >= 4 is 0 Å². The number of nitrogens with one attached hydrogen (secondary N) is 5. The Morgan fingerprint density at radius 3 is 1.47 bits per heavy atom. The van der Waals surface area contributed by atoms with E-state index in [-0.39, 0.29) is 0 Å². The van der Waals surface area contributed by atoms with Gasteiger partial charge in [0.1, 0.15) is 0 Å². The first-order valence-electron chi connectivity index (χ1n) is 6.04. The van der Waals surface area contributed by atoms with Crippen LogP contribution in [0.1, 0.15) is 6.42 Å². The summed E-state index contributed by atoms with van der Waals surface area (Å²) in [5.41, 5.74) is 0. The van der Waals surface area contributed by atoms with Crippen molar-refractivity contribution in [3.05, 3.63) is 0 Å². The van der Waals surface area contributed by atoms with E-state index in [1.54, 1.807) is 0 Å². The topological polar surface area (TPSA) is 60.1 Å². The van der Waals surface area contributed by atoms with Gasteiger partial charge in [0, 0.05) is 45.9 Å². The van der Waals surface area contributed by atoms with Crippen molar-refractivity contribution in [3.8, 4) is 0 Å². The maximum atomic E-state index is 3.41. The molecule has 0 aromatic carbocycles. The van der Waals surface area contributed by atoms with Gasteiger partial charge < -0.3 is 26.6 Å². The van der Waals surface area contributed by atoms with Crippen LogP contribution in [0.2, 0.25) is 0 Å². The normalized spacial score (nSPS) is 24.0. The first kappa shape index (κ1) is 12.9. The van der Waals surface area contributed by atoms with Crippen molar-refractivity contribution in [2.75, 3.05) is 59.0 Å². The Balaban J connectivity index is 2.01. The van der Waals surface area contributed by atoms with Gasteiger partial charge in [0.05, 0.1) is 0 Å². The van der Waals surface area contributed by atoms with Crippen LogP contribution in [-0.4, -0.2) is 59.0 Å². The molecule has 15 heavy (non-hydrogen) atoms. The van der Waals surface area contributed by atoms with Crippen molar-refractivity contribution < 1.29 is 0 Å². The number of hydrogen-bond acceptors (Lipinski definition) is 5. The summed E-state index contributed by atoms with van der Waals surface area (Å²) in [6.45, 7) is 9.42. The first-order valence-corrected chi connectivity index (χ1v) is 6.04. The number of hydrogen-bond donors (Lipinski definition) is 5. The number of rotatable bonds is 0. The molecule has 5 heteroatoms. The zero-order chi connectivity index (χ0) is 10.6. The first-order chi connectivity index (χ1) is 7.50. The predicted octanol–water partition coefficient (Wildman–Crippen LogP) is -1.70. The monoisotopic (exact) mass is 215 g/mol. The van der Waals surface area contributed by atoms with E-state index in [1.165, 1.54) is 6.42 Å². The van der Waals surface area contributed by atoms with Gasteiger partial charge in [-0.2, -0.15) is 0 Å². The van der Waals surface area contributed by atoms with E-state index in [0.29, 0.717) is 0 Å². The molecule has 0 radical (unpaired) electrons. The van der Waals surface area contributed by atoms with Crippen LogP contribution in [0.3, 0.4) is 0 Å². The molecule has 0 aliphatic carbocycles. The van der Waals surface area contributed by atoms with Crippen molar-refractivity contribution in [3.63, 3.8) is 0 Å². The highest BCUT2D eigenvalue weighted by atomic mass is 15.1. The van der Waals surface area contributed by atoms with Gasteiger partial charge in [0.25, 0.3) is 0 Å². The average molecular weight is 215 g/mol. The minimum atomic E-state index is 0.917. The van der Waals surface area contributed by atoms with Crippen LogP contribution in [0.25, 0.3) is 0 Å². The summed E-state index contributed by atoms with van der Waals surface area (Å²) in [6, 6.07) is 0. The fourth-order valence-corrected chi connectivity index (χ4v) is 1.51. The third-order valence-electron chi connectivity index (χ3n) is 2.39. The standard InChI is InChI=1S/C10H25N5/c1-2-11-4-5-12-6-7-13-8-9-15-10-14-3-1/h11-15H,1-10H2. The van der Waals surface area contributed by atoms with E-state index >= 15 is 0 Å². The lowest BCUT2D eigenvalue weighted by Crippen LogP contribution is -2.36. The maximum absolute atomic E-state index is 3.41. The van der Waals surface area contributed by atoms with E-state index in [9.17, 15) is 0 Å². The van der Waals surface area contributed by atoms with Gasteiger partial charge in [-0.05, 0) is 19.5 Å². The lowest BCUT2D eigenvalue weighted by molar-refractivity contribution is 0.545. The Kier molecular flexibility index (Phi) is 8.85. The SMILES string of the molecule is C1CNCCNCCNCCNCNC1. The molecule has 1 rings (SSSR count). The predicted molar refractivity (Wildman–Crippen MR) is 64.1 cm³/mol. The Morgan fingerprint density at radius 2 is 0.800 bits per heavy atom. The zero-order valence-corrected chi connectivity index (χ0v) is 9.57. The molecule has 5 nitrogen and oxygen atoms in total. The van der Waals surface area contributed by atoms with E-state index in [4.69, 9.17) is 0 Å². The lowest BCUT2D eigenvalue weighted by Gasteiger charge is -2.07. The van der Waals surface area contributed by atoms with Gasteiger partial charge >= 0.3 is 0 Å². The molecule has 1 aliphatic heterocycles. The lowest BCUT2D eigenvalue weighted by atomic mass is 10.4. The minimum absolute atomic E-state index is 0.917. The van der Waals surface area contributed by atoms with Gasteiger partial charge in [-0.1, -0.05) is 0 Å². The third-order valence-corrected chi connectivity index (χ3v) is 2.39. The summed E-state index contributed by atoms with van der Waals surface area (Å²) in [4.78, 5) is 0. The minimum Gasteiger partial charge on any atom is -0.315 e. The second kappa shape index (κ2) is 10.3. The van der Waals surface area contributed by atoms with Crippen molar-refractivity contribution in [1.82, 2.24) is 26.6 Å². The molecule has 1 saturated heterocycles. The van der Waals surface area contributed by atoms with Gasteiger partial charge in [0.15, 0.2) is 0 Å². The van der Waals surface area contributed by atoms with Gasteiger partial charge in [-0.3, -0.25) is 0 Å². The van der Waals surface area contributed by atoms with Crippen molar-refractivity contribution in [2.45, 2.75) is 6.42 Å². The molecule has 0 amide bonds. The van der Waals surface area contributed by atoms with Crippen LogP contribution in [0, 0.1) is 0 Å². The van der Waals surface area contributed by atoms with E-state index in [0.717, 1.165) is 59.0 Å². The van der Waals surface area contributed by atoms with Crippen LogP contribution in [-0.2, 0) is 0 Å².